The number of amides is 2. The lowest BCUT2D eigenvalue weighted by atomic mass is 9.78. The predicted octanol–water partition coefficient (Wildman–Crippen LogP) is 3.21. The number of rotatable bonds is 4. The third-order valence-electron chi connectivity index (χ3n) is 6.43. The van der Waals surface area contributed by atoms with E-state index in [0.29, 0.717) is 30.5 Å². The fourth-order valence-corrected chi connectivity index (χ4v) is 4.64. The number of piperidine rings is 1. The van der Waals surface area contributed by atoms with Crippen LogP contribution < -0.4 is 0 Å². The fraction of sp³-hybridized carbons (Fsp3) is 0.500. The molecule has 3 heterocycles. The zero-order valence-electron chi connectivity index (χ0n) is 16.0. The van der Waals surface area contributed by atoms with Crippen molar-refractivity contribution >= 4 is 11.8 Å². The SMILES string of the molecule is O=C(c1cc(-c2ccccc2)on1)N1CC[C@@]2(CCCN(CC3CC3)C2=O)C1. The summed E-state index contributed by atoms with van der Waals surface area (Å²) in [6, 6.07) is 11.3. The van der Waals surface area contributed by atoms with Crippen molar-refractivity contribution in [1.29, 1.82) is 0 Å². The van der Waals surface area contributed by atoms with Gasteiger partial charge in [-0.05, 0) is 38.0 Å². The van der Waals surface area contributed by atoms with Gasteiger partial charge in [0.25, 0.3) is 5.91 Å². The summed E-state index contributed by atoms with van der Waals surface area (Å²) >= 11 is 0. The zero-order chi connectivity index (χ0) is 19.1. The fourth-order valence-electron chi connectivity index (χ4n) is 4.64. The molecule has 146 valence electrons. The van der Waals surface area contributed by atoms with Gasteiger partial charge in [-0.1, -0.05) is 35.5 Å². The number of carbonyl (C=O) groups is 2. The minimum Gasteiger partial charge on any atom is -0.355 e. The number of hydrogen-bond donors (Lipinski definition) is 0. The van der Waals surface area contributed by atoms with Crippen molar-refractivity contribution in [3.05, 3.63) is 42.1 Å². The van der Waals surface area contributed by atoms with E-state index in [1.165, 1.54) is 12.8 Å². The largest absolute Gasteiger partial charge is 0.355 e. The Morgan fingerprint density at radius 3 is 2.79 bits per heavy atom. The van der Waals surface area contributed by atoms with Gasteiger partial charge in [-0.15, -0.1) is 0 Å². The summed E-state index contributed by atoms with van der Waals surface area (Å²) in [6.07, 6.45) is 5.16. The molecule has 28 heavy (non-hydrogen) atoms. The normalized spacial score (nSPS) is 24.9. The monoisotopic (exact) mass is 379 g/mol. The Morgan fingerprint density at radius 2 is 2.00 bits per heavy atom. The molecule has 1 saturated carbocycles. The number of nitrogens with zero attached hydrogens (tertiary/aromatic N) is 3. The quantitative estimate of drug-likeness (QED) is 0.818. The van der Waals surface area contributed by atoms with Crippen LogP contribution in [-0.4, -0.2) is 52.9 Å². The summed E-state index contributed by atoms with van der Waals surface area (Å²) in [5.74, 6) is 1.40. The molecule has 0 N–H and O–H groups in total. The van der Waals surface area contributed by atoms with E-state index >= 15 is 0 Å². The van der Waals surface area contributed by atoms with Gasteiger partial charge in [0.1, 0.15) is 0 Å². The Balaban J connectivity index is 1.29. The number of carbonyl (C=O) groups excluding carboxylic acids is 2. The molecule has 3 fully saturated rings. The molecule has 2 aromatic rings. The molecule has 3 aliphatic rings. The topological polar surface area (TPSA) is 66.7 Å². The van der Waals surface area contributed by atoms with Crippen molar-refractivity contribution in [3.8, 4) is 11.3 Å². The minimum absolute atomic E-state index is 0.144. The lowest BCUT2D eigenvalue weighted by Crippen LogP contribution is -2.51. The third kappa shape index (κ3) is 3.11. The second-order valence-electron chi connectivity index (χ2n) is 8.50. The van der Waals surface area contributed by atoms with Crippen LogP contribution in [0, 0.1) is 11.3 Å². The molecule has 2 aliphatic heterocycles. The van der Waals surface area contributed by atoms with Crippen molar-refractivity contribution in [2.75, 3.05) is 26.2 Å². The lowest BCUT2D eigenvalue weighted by Gasteiger charge is -2.39. The van der Waals surface area contributed by atoms with Gasteiger partial charge >= 0.3 is 0 Å². The van der Waals surface area contributed by atoms with Crippen molar-refractivity contribution in [2.24, 2.45) is 11.3 Å². The first-order valence-electron chi connectivity index (χ1n) is 10.3. The number of hydrogen-bond acceptors (Lipinski definition) is 4. The van der Waals surface area contributed by atoms with Gasteiger partial charge in [0, 0.05) is 37.8 Å². The first-order chi connectivity index (χ1) is 13.6. The highest BCUT2D eigenvalue weighted by Crippen LogP contribution is 2.42. The first kappa shape index (κ1) is 17.5. The van der Waals surface area contributed by atoms with Gasteiger partial charge in [0.2, 0.25) is 5.91 Å². The predicted molar refractivity (Wildman–Crippen MR) is 103 cm³/mol. The van der Waals surface area contributed by atoms with E-state index in [0.717, 1.165) is 37.9 Å². The van der Waals surface area contributed by atoms with Gasteiger partial charge < -0.3 is 14.3 Å². The van der Waals surface area contributed by atoms with E-state index < -0.39 is 5.41 Å². The van der Waals surface area contributed by atoms with E-state index in [9.17, 15) is 9.59 Å². The van der Waals surface area contributed by atoms with Gasteiger partial charge in [-0.25, -0.2) is 0 Å². The van der Waals surface area contributed by atoms with Gasteiger partial charge in [-0.3, -0.25) is 9.59 Å². The van der Waals surface area contributed by atoms with Crippen LogP contribution in [0.1, 0.15) is 42.6 Å². The molecule has 0 radical (unpaired) electrons. The summed E-state index contributed by atoms with van der Waals surface area (Å²) < 4.78 is 5.38. The minimum atomic E-state index is -0.394. The van der Waals surface area contributed by atoms with Crippen LogP contribution >= 0.6 is 0 Å². The van der Waals surface area contributed by atoms with E-state index in [4.69, 9.17) is 4.52 Å². The van der Waals surface area contributed by atoms with Crippen LogP contribution in [0.2, 0.25) is 0 Å². The van der Waals surface area contributed by atoms with Crippen molar-refractivity contribution in [1.82, 2.24) is 15.0 Å². The molecule has 0 bridgehead atoms. The Hall–Kier alpha value is -2.63. The second kappa shape index (κ2) is 6.76. The zero-order valence-corrected chi connectivity index (χ0v) is 16.0. The summed E-state index contributed by atoms with van der Waals surface area (Å²) in [5, 5.41) is 3.99. The second-order valence-corrected chi connectivity index (χ2v) is 8.50. The van der Waals surface area contributed by atoms with Crippen LogP contribution in [0.25, 0.3) is 11.3 Å². The van der Waals surface area contributed by atoms with Crippen LogP contribution in [0.3, 0.4) is 0 Å². The average Bonchev–Trinajstić information content (AvgIpc) is 3.24. The van der Waals surface area contributed by atoms with E-state index in [-0.39, 0.29) is 11.8 Å². The highest BCUT2D eigenvalue weighted by molar-refractivity contribution is 5.94. The highest BCUT2D eigenvalue weighted by atomic mass is 16.5. The molecular formula is C22H25N3O3. The molecule has 2 saturated heterocycles. The van der Waals surface area contributed by atoms with Crippen molar-refractivity contribution < 1.29 is 14.1 Å². The molecule has 6 heteroatoms. The molecular weight excluding hydrogens is 354 g/mol. The Morgan fingerprint density at radius 1 is 1.18 bits per heavy atom. The molecule has 1 aromatic carbocycles. The summed E-state index contributed by atoms with van der Waals surface area (Å²) in [5.41, 5.74) is 0.813. The van der Waals surface area contributed by atoms with Gasteiger partial charge in [0.05, 0.1) is 5.41 Å². The number of aromatic nitrogens is 1. The molecule has 5 rings (SSSR count). The Labute approximate surface area is 164 Å². The molecule has 1 aromatic heterocycles. The molecule has 0 unspecified atom stereocenters. The van der Waals surface area contributed by atoms with Crippen LogP contribution in [0.15, 0.2) is 40.9 Å². The third-order valence-corrected chi connectivity index (χ3v) is 6.43. The smallest absolute Gasteiger partial charge is 0.276 e. The van der Waals surface area contributed by atoms with Gasteiger partial charge in [0.15, 0.2) is 11.5 Å². The average molecular weight is 379 g/mol. The molecule has 2 amide bonds. The van der Waals surface area contributed by atoms with Crippen LogP contribution in [0.4, 0.5) is 0 Å². The number of likely N-dealkylation sites (tertiary alicyclic amines) is 2. The first-order valence-corrected chi connectivity index (χ1v) is 10.3. The van der Waals surface area contributed by atoms with Gasteiger partial charge in [-0.2, -0.15) is 0 Å². The molecule has 6 nitrogen and oxygen atoms in total. The number of benzene rings is 1. The molecule has 1 aliphatic carbocycles. The highest BCUT2D eigenvalue weighted by Gasteiger charge is 2.50. The maximum absolute atomic E-state index is 13.2. The lowest BCUT2D eigenvalue weighted by molar-refractivity contribution is -0.145. The van der Waals surface area contributed by atoms with Crippen LogP contribution in [0.5, 0.6) is 0 Å². The Bertz CT molecular complexity index is 889. The summed E-state index contributed by atoms with van der Waals surface area (Å²) in [7, 11) is 0. The van der Waals surface area contributed by atoms with E-state index in [1.807, 2.05) is 30.3 Å². The maximum Gasteiger partial charge on any atom is 0.276 e. The van der Waals surface area contributed by atoms with E-state index in [2.05, 4.69) is 10.1 Å². The maximum atomic E-state index is 13.2. The molecule has 1 atom stereocenters. The van der Waals surface area contributed by atoms with Crippen LogP contribution in [-0.2, 0) is 4.79 Å². The standard InChI is InChI=1S/C22H25N3O3/c26-20(18-13-19(28-23-18)17-5-2-1-3-6-17)25-12-10-22(15-25)9-4-11-24(21(22)27)14-16-7-8-16/h1-3,5-6,13,16H,4,7-12,14-15H2/t22-/m0/s1. The van der Waals surface area contributed by atoms with Crippen molar-refractivity contribution in [3.63, 3.8) is 0 Å². The Kier molecular flexibility index (Phi) is 4.22. The summed E-state index contributed by atoms with van der Waals surface area (Å²) in [6.45, 7) is 2.88. The van der Waals surface area contributed by atoms with Crippen molar-refractivity contribution in [2.45, 2.75) is 32.1 Å². The molecule has 1 spiro atoms. The van der Waals surface area contributed by atoms with E-state index in [1.54, 1.807) is 11.0 Å². The summed E-state index contributed by atoms with van der Waals surface area (Å²) in [4.78, 5) is 30.0.